The molecule has 0 fully saturated rings. The number of hydrogen-bond donors (Lipinski definition) is 3. The van der Waals surface area contributed by atoms with E-state index in [1.165, 1.54) is 6.20 Å². The minimum Gasteiger partial charge on any atom is -0.395 e. The Morgan fingerprint density at radius 3 is 2.48 bits per heavy atom. The highest BCUT2D eigenvalue weighted by molar-refractivity contribution is 6.05. The average Bonchev–Trinajstić information content (AvgIpc) is 2.62. The summed E-state index contributed by atoms with van der Waals surface area (Å²) >= 11 is 0. The Bertz CT molecular complexity index is 972. The van der Waals surface area contributed by atoms with E-state index in [2.05, 4.69) is 10.3 Å². The Morgan fingerprint density at radius 1 is 1.12 bits per heavy atom. The predicted octanol–water partition coefficient (Wildman–Crippen LogP) is 3.05. The maximum Gasteiger partial charge on any atom is 0.261 e. The third-order valence-electron chi connectivity index (χ3n) is 4.35. The fourth-order valence-corrected chi connectivity index (χ4v) is 2.63. The number of aromatic amines is 1. The molecule has 0 spiro atoms. The van der Waals surface area contributed by atoms with E-state index < -0.39 is 5.91 Å². The van der Waals surface area contributed by atoms with Gasteiger partial charge in [-0.25, -0.2) is 0 Å². The van der Waals surface area contributed by atoms with E-state index in [4.69, 9.17) is 0 Å². The summed E-state index contributed by atoms with van der Waals surface area (Å²) in [6, 6.07) is 14.3. The lowest BCUT2D eigenvalue weighted by atomic mass is 9.85. The number of amides is 1. The molecule has 3 N–H and O–H groups in total. The van der Waals surface area contributed by atoms with Gasteiger partial charge in [0.05, 0.1) is 6.61 Å². The van der Waals surface area contributed by atoms with Crippen LogP contribution >= 0.6 is 0 Å². The summed E-state index contributed by atoms with van der Waals surface area (Å²) in [7, 11) is 0. The van der Waals surface area contributed by atoms with Gasteiger partial charge < -0.3 is 15.4 Å². The Kier molecular flexibility index (Phi) is 4.42. The van der Waals surface area contributed by atoms with Gasteiger partial charge in [0.1, 0.15) is 5.56 Å². The topological polar surface area (TPSA) is 82.2 Å². The third kappa shape index (κ3) is 3.32. The molecule has 0 aliphatic heterocycles. The van der Waals surface area contributed by atoms with Crippen molar-refractivity contribution in [1.82, 2.24) is 4.98 Å². The van der Waals surface area contributed by atoms with Crippen molar-refractivity contribution < 1.29 is 9.90 Å². The summed E-state index contributed by atoms with van der Waals surface area (Å²) < 4.78 is 0. The molecule has 2 aromatic carbocycles. The van der Waals surface area contributed by atoms with E-state index in [1.54, 1.807) is 30.3 Å². The molecular formula is C20H20N2O3. The molecular weight excluding hydrogens is 316 g/mol. The highest BCUT2D eigenvalue weighted by atomic mass is 16.3. The molecule has 0 saturated heterocycles. The van der Waals surface area contributed by atoms with Gasteiger partial charge in [-0.15, -0.1) is 0 Å². The van der Waals surface area contributed by atoms with Crippen molar-refractivity contribution in [2.24, 2.45) is 0 Å². The van der Waals surface area contributed by atoms with Crippen LogP contribution in [-0.4, -0.2) is 22.6 Å². The van der Waals surface area contributed by atoms with Gasteiger partial charge in [-0.1, -0.05) is 38.1 Å². The first-order valence-corrected chi connectivity index (χ1v) is 8.05. The lowest BCUT2D eigenvalue weighted by Gasteiger charge is -2.22. The lowest BCUT2D eigenvalue weighted by Crippen LogP contribution is -2.23. The molecule has 0 aliphatic rings. The van der Waals surface area contributed by atoms with Crippen LogP contribution in [0.2, 0.25) is 0 Å². The van der Waals surface area contributed by atoms with E-state index in [0.29, 0.717) is 16.6 Å². The molecule has 1 amide bonds. The summed E-state index contributed by atoms with van der Waals surface area (Å²) in [5.74, 6) is -0.457. The van der Waals surface area contributed by atoms with E-state index in [-0.39, 0.29) is 23.0 Å². The molecule has 25 heavy (non-hydrogen) atoms. The first-order chi connectivity index (χ1) is 11.9. The Balaban J connectivity index is 1.86. The van der Waals surface area contributed by atoms with Crippen LogP contribution in [0.5, 0.6) is 0 Å². The normalized spacial score (nSPS) is 11.5. The van der Waals surface area contributed by atoms with E-state index >= 15 is 0 Å². The number of pyridine rings is 1. The fourth-order valence-electron chi connectivity index (χ4n) is 2.63. The lowest BCUT2D eigenvalue weighted by molar-refractivity contribution is 0.102. The summed E-state index contributed by atoms with van der Waals surface area (Å²) in [4.78, 5) is 27.9. The standard InChI is InChI=1S/C20H20N2O3/c1-20(2,12-23)13-7-9-14(10-8-13)22-19(25)16-11-21-17-6-4-3-5-15(17)18(16)24/h3-11,23H,12H2,1-2H3,(H,21,24)(H,22,25). The van der Waals surface area contributed by atoms with Crippen LogP contribution in [-0.2, 0) is 5.41 Å². The number of nitrogens with one attached hydrogen (secondary N) is 2. The number of anilines is 1. The summed E-state index contributed by atoms with van der Waals surface area (Å²) in [6.07, 6.45) is 1.43. The zero-order valence-corrected chi connectivity index (χ0v) is 14.2. The van der Waals surface area contributed by atoms with Crippen LogP contribution in [0.15, 0.2) is 59.5 Å². The smallest absolute Gasteiger partial charge is 0.261 e. The molecule has 5 nitrogen and oxygen atoms in total. The highest BCUT2D eigenvalue weighted by Crippen LogP contribution is 2.24. The van der Waals surface area contributed by atoms with Gasteiger partial charge >= 0.3 is 0 Å². The monoisotopic (exact) mass is 336 g/mol. The zero-order valence-electron chi connectivity index (χ0n) is 14.2. The zero-order chi connectivity index (χ0) is 18.0. The van der Waals surface area contributed by atoms with Gasteiger partial charge in [-0.2, -0.15) is 0 Å². The van der Waals surface area contributed by atoms with Gasteiger partial charge in [0.2, 0.25) is 5.43 Å². The number of rotatable bonds is 4. The largest absolute Gasteiger partial charge is 0.395 e. The number of benzene rings is 2. The molecule has 0 atom stereocenters. The summed E-state index contributed by atoms with van der Waals surface area (Å²) in [6.45, 7) is 3.91. The molecule has 0 unspecified atom stereocenters. The second-order valence-electron chi connectivity index (χ2n) is 6.65. The Morgan fingerprint density at radius 2 is 1.80 bits per heavy atom. The molecule has 0 aliphatic carbocycles. The van der Waals surface area contributed by atoms with E-state index in [9.17, 15) is 14.7 Å². The molecule has 0 saturated carbocycles. The maximum absolute atomic E-state index is 12.5. The van der Waals surface area contributed by atoms with Crippen LogP contribution in [0.4, 0.5) is 5.69 Å². The molecule has 3 rings (SSSR count). The van der Waals surface area contributed by atoms with Crippen molar-refractivity contribution >= 4 is 22.5 Å². The number of para-hydroxylation sites is 1. The van der Waals surface area contributed by atoms with E-state index in [1.807, 2.05) is 32.0 Å². The minimum absolute atomic E-state index is 0.0329. The minimum atomic E-state index is -0.457. The van der Waals surface area contributed by atoms with Crippen molar-refractivity contribution in [3.63, 3.8) is 0 Å². The molecule has 1 heterocycles. The van der Waals surface area contributed by atoms with Crippen LogP contribution in [0.1, 0.15) is 29.8 Å². The number of aliphatic hydroxyl groups is 1. The van der Waals surface area contributed by atoms with Crippen LogP contribution < -0.4 is 10.7 Å². The number of H-pyrrole nitrogens is 1. The van der Waals surface area contributed by atoms with Crippen molar-refractivity contribution in [3.05, 3.63) is 76.1 Å². The van der Waals surface area contributed by atoms with Gasteiger partial charge in [0, 0.05) is 28.2 Å². The van der Waals surface area contributed by atoms with Crippen LogP contribution in [0.25, 0.3) is 10.9 Å². The van der Waals surface area contributed by atoms with E-state index in [0.717, 1.165) is 5.56 Å². The maximum atomic E-state index is 12.5. The first-order valence-electron chi connectivity index (χ1n) is 8.05. The SMILES string of the molecule is CC(C)(CO)c1ccc(NC(=O)c2c[nH]c3ccccc3c2=O)cc1. The first kappa shape index (κ1) is 16.9. The van der Waals surface area contributed by atoms with Crippen LogP contribution in [0, 0.1) is 0 Å². The number of aromatic nitrogens is 1. The second kappa shape index (κ2) is 6.53. The number of carbonyl (C=O) groups excluding carboxylic acids is 1. The van der Waals surface area contributed by atoms with Gasteiger partial charge in [-0.3, -0.25) is 9.59 Å². The number of carbonyl (C=O) groups is 1. The molecule has 1 aromatic heterocycles. The molecule has 128 valence electrons. The molecule has 0 bridgehead atoms. The Hall–Kier alpha value is -2.92. The predicted molar refractivity (Wildman–Crippen MR) is 99.1 cm³/mol. The number of aliphatic hydroxyl groups excluding tert-OH is 1. The van der Waals surface area contributed by atoms with Crippen molar-refractivity contribution in [1.29, 1.82) is 0 Å². The number of hydrogen-bond acceptors (Lipinski definition) is 3. The van der Waals surface area contributed by atoms with Gasteiger partial charge in [-0.05, 0) is 29.8 Å². The van der Waals surface area contributed by atoms with Crippen molar-refractivity contribution in [2.45, 2.75) is 19.3 Å². The fraction of sp³-hybridized carbons (Fsp3) is 0.200. The highest BCUT2D eigenvalue weighted by Gasteiger charge is 2.19. The molecule has 0 radical (unpaired) electrons. The van der Waals surface area contributed by atoms with Gasteiger partial charge in [0.25, 0.3) is 5.91 Å². The average molecular weight is 336 g/mol. The van der Waals surface area contributed by atoms with Crippen molar-refractivity contribution in [3.8, 4) is 0 Å². The molecule has 5 heteroatoms. The number of fused-ring (bicyclic) bond motifs is 1. The summed E-state index contributed by atoms with van der Waals surface area (Å²) in [5, 5.41) is 12.6. The Labute approximate surface area is 145 Å². The summed E-state index contributed by atoms with van der Waals surface area (Å²) in [5.41, 5.74) is 1.67. The second-order valence-corrected chi connectivity index (χ2v) is 6.65. The van der Waals surface area contributed by atoms with Crippen molar-refractivity contribution in [2.75, 3.05) is 11.9 Å². The quantitative estimate of drug-likeness (QED) is 0.685. The molecule has 3 aromatic rings. The third-order valence-corrected chi connectivity index (χ3v) is 4.35. The van der Waals surface area contributed by atoms with Gasteiger partial charge in [0.15, 0.2) is 0 Å². The van der Waals surface area contributed by atoms with Crippen LogP contribution in [0.3, 0.4) is 0 Å².